The van der Waals surface area contributed by atoms with E-state index in [0.717, 1.165) is 11.1 Å². The molecule has 156 valence electrons. The Balaban J connectivity index is 1.81. The Labute approximate surface area is 181 Å². The van der Waals surface area contributed by atoms with Crippen LogP contribution < -0.4 is 10.1 Å². The Morgan fingerprint density at radius 3 is 2.58 bits per heavy atom. The Kier molecular flexibility index (Phi) is 5.77. The lowest BCUT2D eigenvalue weighted by Gasteiger charge is -2.14. The molecule has 0 aliphatic heterocycles. The molecule has 2 aromatic carbocycles. The highest BCUT2D eigenvalue weighted by Gasteiger charge is 2.18. The normalized spacial score (nSPS) is 11.0. The summed E-state index contributed by atoms with van der Waals surface area (Å²) in [4.78, 5) is 21.9. The minimum Gasteiger partial charge on any atom is -0.433 e. The zero-order chi connectivity index (χ0) is 22.0. The van der Waals surface area contributed by atoms with Gasteiger partial charge in [-0.1, -0.05) is 17.7 Å². The van der Waals surface area contributed by atoms with Crippen molar-refractivity contribution in [2.75, 3.05) is 5.32 Å². The highest BCUT2D eigenvalue weighted by Crippen LogP contribution is 2.31. The number of halogens is 3. The molecule has 0 radical (unpaired) electrons. The molecule has 4 rings (SSSR count). The summed E-state index contributed by atoms with van der Waals surface area (Å²) in [5.74, 6) is -0.630. The van der Waals surface area contributed by atoms with E-state index in [2.05, 4.69) is 20.0 Å². The average Bonchev–Trinajstić information content (AvgIpc) is 2.75. The van der Waals surface area contributed by atoms with Crippen LogP contribution in [0.2, 0.25) is 5.02 Å². The number of nitrogens with zero attached hydrogens (tertiary/aromatic N) is 2. The number of fused-ring (bicyclic) bond motifs is 1. The van der Waals surface area contributed by atoms with Gasteiger partial charge >= 0.3 is 6.61 Å². The Hall–Kier alpha value is -3.58. The van der Waals surface area contributed by atoms with Crippen molar-refractivity contribution in [3.8, 4) is 17.0 Å². The van der Waals surface area contributed by atoms with E-state index in [1.807, 2.05) is 0 Å². The lowest BCUT2D eigenvalue weighted by Crippen LogP contribution is -2.15. The van der Waals surface area contributed by atoms with Crippen molar-refractivity contribution in [2.24, 2.45) is 0 Å². The third-order valence-corrected chi connectivity index (χ3v) is 4.83. The number of benzene rings is 2. The van der Waals surface area contributed by atoms with E-state index < -0.39 is 12.5 Å². The molecule has 2 heterocycles. The fraction of sp³-hybridized carbons (Fsp3) is 0.0870. The molecule has 31 heavy (non-hydrogen) atoms. The maximum Gasteiger partial charge on any atom is 0.387 e. The lowest BCUT2D eigenvalue weighted by molar-refractivity contribution is -0.0493. The Morgan fingerprint density at radius 2 is 1.84 bits per heavy atom. The van der Waals surface area contributed by atoms with Crippen molar-refractivity contribution < 1.29 is 18.3 Å². The summed E-state index contributed by atoms with van der Waals surface area (Å²) in [6.07, 6.45) is 3.26. The first-order valence-electron chi connectivity index (χ1n) is 9.28. The number of anilines is 1. The second-order valence-electron chi connectivity index (χ2n) is 6.78. The zero-order valence-corrected chi connectivity index (χ0v) is 17.0. The Morgan fingerprint density at radius 1 is 1.06 bits per heavy atom. The van der Waals surface area contributed by atoms with Gasteiger partial charge in [-0.25, -0.2) is 4.98 Å². The predicted molar refractivity (Wildman–Crippen MR) is 116 cm³/mol. The van der Waals surface area contributed by atoms with Gasteiger partial charge in [0.2, 0.25) is 0 Å². The van der Waals surface area contributed by atoms with Gasteiger partial charge in [0.25, 0.3) is 5.91 Å². The molecule has 1 amide bonds. The van der Waals surface area contributed by atoms with Gasteiger partial charge in [-0.05, 0) is 61.0 Å². The van der Waals surface area contributed by atoms with Gasteiger partial charge in [0, 0.05) is 28.4 Å². The van der Waals surface area contributed by atoms with Gasteiger partial charge in [0.05, 0.1) is 22.5 Å². The molecule has 0 saturated carbocycles. The molecule has 0 atom stereocenters. The van der Waals surface area contributed by atoms with E-state index in [1.54, 1.807) is 67.8 Å². The number of alkyl halides is 2. The zero-order valence-electron chi connectivity index (χ0n) is 16.3. The van der Waals surface area contributed by atoms with Crippen LogP contribution in [0.4, 0.5) is 14.5 Å². The van der Waals surface area contributed by atoms with Crippen LogP contribution in [0.3, 0.4) is 0 Å². The number of pyridine rings is 2. The molecule has 0 saturated heterocycles. The highest BCUT2D eigenvalue weighted by molar-refractivity contribution is 6.31. The van der Waals surface area contributed by atoms with E-state index in [4.69, 9.17) is 11.6 Å². The number of aryl methyl sites for hydroxylation is 1. The van der Waals surface area contributed by atoms with Crippen molar-refractivity contribution in [1.29, 1.82) is 0 Å². The molecule has 8 heteroatoms. The van der Waals surface area contributed by atoms with Gasteiger partial charge in [0.1, 0.15) is 5.75 Å². The monoisotopic (exact) mass is 439 g/mol. The summed E-state index contributed by atoms with van der Waals surface area (Å²) in [5, 5.41) is 3.66. The van der Waals surface area contributed by atoms with Crippen molar-refractivity contribution in [1.82, 2.24) is 9.97 Å². The van der Waals surface area contributed by atoms with Crippen LogP contribution in [0.5, 0.6) is 5.75 Å². The minimum atomic E-state index is -3.02. The van der Waals surface area contributed by atoms with E-state index in [0.29, 0.717) is 27.2 Å². The molecule has 0 bridgehead atoms. The molecule has 0 aliphatic rings. The van der Waals surface area contributed by atoms with Crippen molar-refractivity contribution >= 4 is 34.1 Å². The fourth-order valence-electron chi connectivity index (χ4n) is 3.19. The largest absolute Gasteiger partial charge is 0.433 e. The number of nitrogens with one attached hydrogen (secondary N) is 1. The van der Waals surface area contributed by atoms with E-state index in [9.17, 15) is 13.6 Å². The smallest absolute Gasteiger partial charge is 0.387 e. The molecule has 0 fully saturated rings. The van der Waals surface area contributed by atoms with Gasteiger partial charge in [0.15, 0.2) is 0 Å². The molecule has 0 spiro atoms. The van der Waals surface area contributed by atoms with Crippen LogP contribution in [0.25, 0.3) is 22.2 Å². The molecular weight excluding hydrogens is 424 g/mol. The molecule has 1 N–H and O–H groups in total. The van der Waals surface area contributed by atoms with Gasteiger partial charge in [-0.2, -0.15) is 8.78 Å². The minimum absolute atomic E-state index is 0.125. The van der Waals surface area contributed by atoms with Crippen LogP contribution in [0.15, 0.2) is 67.0 Å². The number of hydrogen-bond donors (Lipinski definition) is 1. The second-order valence-corrected chi connectivity index (χ2v) is 7.22. The van der Waals surface area contributed by atoms with Crippen LogP contribution in [-0.2, 0) is 0 Å². The third kappa shape index (κ3) is 4.62. The lowest BCUT2D eigenvalue weighted by atomic mass is 10.0. The first-order chi connectivity index (χ1) is 14.9. The summed E-state index contributed by atoms with van der Waals surface area (Å²) < 4.78 is 30.1. The topological polar surface area (TPSA) is 64.1 Å². The predicted octanol–water partition coefficient (Wildman–Crippen LogP) is 6.11. The molecule has 2 aromatic heterocycles. The summed E-state index contributed by atoms with van der Waals surface area (Å²) >= 11 is 6.14. The first-order valence-corrected chi connectivity index (χ1v) is 9.66. The number of ether oxygens (including phenoxy) is 1. The Bertz CT molecular complexity index is 1270. The van der Waals surface area contributed by atoms with Crippen LogP contribution >= 0.6 is 11.6 Å². The molecule has 4 aromatic rings. The van der Waals surface area contributed by atoms with Gasteiger partial charge < -0.3 is 10.1 Å². The summed E-state index contributed by atoms with van der Waals surface area (Å²) in [6, 6.07) is 14.8. The SMILES string of the molecule is Cc1ccc(OC(F)F)c(NC(=O)c2cc(-c3ccncc3)nc3ccc(Cl)cc23)c1. The van der Waals surface area contributed by atoms with E-state index >= 15 is 0 Å². The standard InChI is InChI=1S/C23H16ClF2N3O2/c1-13-2-5-21(31-23(25)26)20(10-13)29-22(30)17-12-19(14-6-8-27-9-7-14)28-18-4-3-15(24)11-16(17)18/h2-12,23H,1H3,(H,29,30). The average molecular weight is 440 g/mol. The number of amides is 1. The van der Waals surface area contributed by atoms with Gasteiger partial charge in [-0.3, -0.25) is 9.78 Å². The third-order valence-electron chi connectivity index (χ3n) is 4.59. The van der Waals surface area contributed by atoms with E-state index in [-0.39, 0.29) is 11.4 Å². The van der Waals surface area contributed by atoms with E-state index in [1.165, 1.54) is 6.07 Å². The number of hydrogen-bond acceptors (Lipinski definition) is 4. The molecule has 0 unspecified atom stereocenters. The van der Waals surface area contributed by atoms with Crippen molar-refractivity contribution in [3.63, 3.8) is 0 Å². The first kappa shape index (κ1) is 20.7. The molecule has 5 nitrogen and oxygen atoms in total. The molecule has 0 aliphatic carbocycles. The van der Waals surface area contributed by atoms with Crippen LogP contribution in [0, 0.1) is 6.92 Å². The maximum atomic E-state index is 13.2. The van der Waals surface area contributed by atoms with Crippen LogP contribution in [0.1, 0.15) is 15.9 Å². The summed E-state index contributed by atoms with van der Waals surface area (Å²) in [5.41, 5.74) is 3.12. The summed E-state index contributed by atoms with van der Waals surface area (Å²) in [6.45, 7) is -1.23. The van der Waals surface area contributed by atoms with Gasteiger partial charge in [-0.15, -0.1) is 0 Å². The number of aromatic nitrogens is 2. The van der Waals surface area contributed by atoms with Crippen molar-refractivity contribution in [2.45, 2.75) is 13.5 Å². The molecular formula is C23H16ClF2N3O2. The van der Waals surface area contributed by atoms with Crippen LogP contribution in [-0.4, -0.2) is 22.5 Å². The quantitative estimate of drug-likeness (QED) is 0.407. The maximum absolute atomic E-state index is 13.2. The summed E-state index contributed by atoms with van der Waals surface area (Å²) in [7, 11) is 0. The van der Waals surface area contributed by atoms with Crippen molar-refractivity contribution in [3.05, 3.63) is 83.1 Å². The number of carbonyl (C=O) groups excluding carboxylic acids is 1. The fourth-order valence-corrected chi connectivity index (χ4v) is 3.36. The number of rotatable bonds is 5. The number of carbonyl (C=O) groups is 1. The second kappa shape index (κ2) is 8.65. The highest BCUT2D eigenvalue weighted by atomic mass is 35.5.